The molecule has 0 spiro atoms. The van der Waals surface area contributed by atoms with Crippen LogP contribution in [0.1, 0.15) is 6.42 Å². The summed E-state index contributed by atoms with van der Waals surface area (Å²) in [5.41, 5.74) is 0.752. The zero-order valence-electron chi connectivity index (χ0n) is 12.4. The first kappa shape index (κ1) is 16.0. The van der Waals surface area contributed by atoms with Crippen molar-refractivity contribution in [1.29, 1.82) is 0 Å². The number of aromatic nitrogens is 2. The van der Waals surface area contributed by atoms with Gasteiger partial charge in [-0.25, -0.2) is 4.98 Å². The molecule has 0 atom stereocenters. The lowest BCUT2D eigenvalue weighted by Gasteiger charge is -2.12. The SMILES string of the molecule is COCCCn1c(SCCOC)nc2ccccc2c1=O. The summed E-state index contributed by atoms with van der Waals surface area (Å²) in [6.07, 6.45) is 0.786. The van der Waals surface area contributed by atoms with Crippen LogP contribution in [0, 0.1) is 0 Å². The Morgan fingerprint density at radius 2 is 1.95 bits per heavy atom. The van der Waals surface area contributed by atoms with Gasteiger partial charge in [0.15, 0.2) is 5.16 Å². The molecule has 0 aliphatic rings. The van der Waals surface area contributed by atoms with Gasteiger partial charge in [-0.15, -0.1) is 0 Å². The normalized spacial score (nSPS) is 11.1. The summed E-state index contributed by atoms with van der Waals surface area (Å²) in [5.74, 6) is 0.769. The summed E-state index contributed by atoms with van der Waals surface area (Å²) in [6, 6.07) is 7.45. The molecule has 114 valence electrons. The number of para-hydroxylation sites is 1. The minimum Gasteiger partial charge on any atom is -0.385 e. The zero-order chi connectivity index (χ0) is 15.1. The predicted octanol–water partition coefficient (Wildman–Crippen LogP) is 2.17. The van der Waals surface area contributed by atoms with Crippen LogP contribution in [-0.4, -0.2) is 42.7 Å². The molecule has 21 heavy (non-hydrogen) atoms. The van der Waals surface area contributed by atoms with Crippen LogP contribution in [0.5, 0.6) is 0 Å². The first-order chi connectivity index (χ1) is 10.3. The van der Waals surface area contributed by atoms with Crippen molar-refractivity contribution < 1.29 is 9.47 Å². The van der Waals surface area contributed by atoms with Gasteiger partial charge in [-0.1, -0.05) is 23.9 Å². The molecule has 0 amide bonds. The first-order valence-corrected chi connectivity index (χ1v) is 7.86. The van der Waals surface area contributed by atoms with Gasteiger partial charge in [-0.2, -0.15) is 0 Å². The fourth-order valence-electron chi connectivity index (χ4n) is 2.04. The van der Waals surface area contributed by atoms with E-state index >= 15 is 0 Å². The average molecular weight is 308 g/mol. The van der Waals surface area contributed by atoms with E-state index in [1.165, 1.54) is 0 Å². The predicted molar refractivity (Wildman–Crippen MR) is 85.1 cm³/mol. The average Bonchev–Trinajstić information content (AvgIpc) is 2.50. The Morgan fingerprint density at radius 1 is 1.19 bits per heavy atom. The van der Waals surface area contributed by atoms with Gasteiger partial charge in [0.25, 0.3) is 5.56 Å². The van der Waals surface area contributed by atoms with Crippen LogP contribution in [0.25, 0.3) is 10.9 Å². The molecule has 5 nitrogen and oxygen atoms in total. The molecular weight excluding hydrogens is 288 g/mol. The van der Waals surface area contributed by atoms with Gasteiger partial charge in [0.2, 0.25) is 0 Å². The molecular formula is C15H20N2O3S. The van der Waals surface area contributed by atoms with E-state index in [2.05, 4.69) is 4.98 Å². The monoisotopic (exact) mass is 308 g/mol. The fraction of sp³-hybridized carbons (Fsp3) is 0.467. The molecule has 0 fully saturated rings. The largest absolute Gasteiger partial charge is 0.385 e. The smallest absolute Gasteiger partial charge is 0.262 e. The Morgan fingerprint density at radius 3 is 2.71 bits per heavy atom. The van der Waals surface area contributed by atoms with E-state index in [0.717, 1.165) is 22.8 Å². The minimum atomic E-state index is 0.0108. The van der Waals surface area contributed by atoms with Crippen LogP contribution < -0.4 is 5.56 Å². The molecule has 0 saturated heterocycles. The maximum Gasteiger partial charge on any atom is 0.262 e. The summed E-state index contributed by atoms with van der Waals surface area (Å²) < 4.78 is 11.9. The molecule has 0 unspecified atom stereocenters. The third-order valence-electron chi connectivity index (χ3n) is 3.08. The number of rotatable bonds is 8. The van der Waals surface area contributed by atoms with Crippen molar-refractivity contribution in [1.82, 2.24) is 9.55 Å². The van der Waals surface area contributed by atoms with Crippen molar-refractivity contribution in [3.05, 3.63) is 34.6 Å². The molecule has 0 aliphatic heterocycles. The highest BCUT2D eigenvalue weighted by Gasteiger charge is 2.11. The second-order valence-corrected chi connectivity index (χ2v) is 5.62. The number of fused-ring (bicyclic) bond motifs is 1. The fourth-order valence-corrected chi connectivity index (χ4v) is 2.96. The highest BCUT2D eigenvalue weighted by molar-refractivity contribution is 7.99. The topological polar surface area (TPSA) is 53.4 Å². The van der Waals surface area contributed by atoms with Gasteiger partial charge in [0.05, 0.1) is 17.5 Å². The van der Waals surface area contributed by atoms with Gasteiger partial charge < -0.3 is 9.47 Å². The van der Waals surface area contributed by atoms with Crippen LogP contribution in [0.4, 0.5) is 0 Å². The van der Waals surface area contributed by atoms with E-state index in [1.54, 1.807) is 30.5 Å². The van der Waals surface area contributed by atoms with Gasteiger partial charge in [0, 0.05) is 33.1 Å². The molecule has 1 aromatic carbocycles. The van der Waals surface area contributed by atoms with E-state index in [9.17, 15) is 4.79 Å². The van der Waals surface area contributed by atoms with Gasteiger partial charge in [-0.05, 0) is 18.6 Å². The zero-order valence-corrected chi connectivity index (χ0v) is 13.2. The molecule has 1 aromatic heterocycles. The number of benzene rings is 1. The number of nitrogens with zero attached hydrogens (tertiary/aromatic N) is 2. The van der Waals surface area contributed by atoms with Crippen LogP contribution in [0.15, 0.2) is 34.2 Å². The molecule has 0 aliphatic carbocycles. The Balaban J connectivity index is 2.36. The lowest BCUT2D eigenvalue weighted by atomic mass is 10.2. The highest BCUT2D eigenvalue weighted by Crippen LogP contribution is 2.17. The Bertz CT molecular complexity index is 642. The second kappa shape index (κ2) is 8.17. The third-order valence-corrected chi connectivity index (χ3v) is 4.02. The van der Waals surface area contributed by atoms with E-state index in [0.29, 0.717) is 25.1 Å². The molecule has 0 radical (unpaired) electrons. The van der Waals surface area contributed by atoms with E-state index in [-0.39, 0.29) is 5.56 Å². The number of thioether (sulfide) groups is 1. The van der Waals surface area contributed by atoms with Crippen LogP contribution in [0.3, 0.4) is 0 Å². The van der Waals surface area contributed by atoms with Crippen molar-refractivity contribution in [2.24, 2.45) is 0 Å². The van der Waals surface area contributed by atoms with Crippen LogP contribution >= 0.6 is 11.8 Å². The number of hydrogen-bond donors (Lipinski definition) is 0. The quantitative estimate of drug-likeness (QED) is 0.425. The Hall–Kier alpha value is -1.37. The van der Waals surface area contributed by atoms with Crippen molar-refractivity contribution in [2.75, 3.05) is 33.2 Å². The number of hydrogen-bond acceptors (Lipinski definition) is 5. The molecule has 0 bridgehead atoms. The third kappa shape index (κ3) is 4.06. The Labute approximate surface area is 128 Å². The summed E-state index contributed by atoms with van der Waals surface area (Å²) in [7, 11) is 3.33. The number of methoxy groups -OCH3 is 2. The summed E-state index contributed by atoms with van der Waals surface area (Å²) in [4.78, 5) is 17.2. The van der Waals surface area contributed by atoms with Crippen LogP contribution in [0.2, 0.25) is 0 Å². The number of ether oxygens (including phenoxy) is 2. The van der Waals surface area contributed by atoms with Crippen molar-refractivity contribution >= 4 is 22.7 Å². The summed E-state index contributed by atoms with van der Waals surface area (Å²) >= 11 is 1.54. The van der Waals surface area contributed by atoms with Crippen molar-refractivity contribution in [3.63, 3.8) is 0 Å². The van der Waals surface area contributed by atoms with Gasteiger partial charge in [0.1, 0.15) is 0 Å². The van der Waals surface area contributed by atoms with E-state index in [1.807, 2.05) is 24.3 Å². The maximum atomic E-state index is 12.6. The lowest BCUT2D eigenvalue weighted by molar-refractivity contribution is 0.189. The minimum absolute atomic E-state index is 0.0108. The Kier molecular flexibility index (Phi) is 6.22. The van der Waals surface area contributed by atoms with Crippen LogP contribution in [-0.2, 0) is 16.0 Å². The highest BCUT2D eigenvalue weighted by atomic mass is 32.2. The standard InChI is InChI=1S/C15H20N2O3S/c1-19-9-5-8-17-14(18)12-6-3-4-7-13(12)16-15(17)21-11-10-20-2/h3-4,6-7H,5,8-11H2,1-2H3. The molecule has 2 aromatic rings. The molecule has 1 heterocycles. The first-order valence-electron chi connectivity index (χ1n) is 6.88. The molecule has 6 heteroatoms. The molecule has 2 rings (SSSR count). The van der Waals surface area contributed by atoms with Crippen molar-refractivity contribution in [3.8, 4) is 0 Å². The molecule has 0 saturated carbocycles. The van der Waals surface area contributed by atoms with Gasteiger partial charge in [-0.3, -0.25) is 9.36 Å². The molecule has 0 N–H and O–H groups in total. The maximum absolute atomic E-state index is 12.6. The van der Waals surface area contributed by atoms with E-state index in [4.69, 9.17) is 9.47 Å². The van der Waals surface area contributed by atoms with Gasteiger partial charge >= 0.3 is 0 Å². The summed E-state index contributed by atoms with van der Waals surface area (Å²) in [6.45, 7) is 1.87. The second-order valence-electron chi connectivity index (χ2n) is 4.56. The summed E-state index contributed by atoms with van der Waals surface area (Å²) in [5, 5.41) is 1.40. The lowest BCUT2D eigenvalue weighted by Crippen LogP contribution is -2.24. The van der Waals surface area contributed by atoms with Crippen molar-refractivity contribution in [2.45, 2.75) is 18.1 Å². The van der Waals surface area contributed by atoms with E-state index < -0.39 is 0 Å².